The van der Waals surface area contributed by atoms with Crippen LogP contribution in [0, 0.1) is 0 Å². The maximum Gasteiger partial charge on any atom is 0.236 e. The molecule has 0 unspecified atom stereocenters. The summed E-state index contributed by atoms with van der Waals surface area (Å²) in [5.74, 6) is 1.38. The van der Waals surface area contributed by atoms with Gasteiger partial charge in [0.2, 0.25) is 5.91 Å². The standard InChI is InChI=1S/C16H26N2O3.ClH/c1-4-8-18(16(19)11-17)12-13-6-7-14(21-9-5-2)15(10-13)20-3;/h6-7,10H,4-5,8-9,11-12,17H2,1-3H3;1H. The highest BCUT2D eigenvalue weighted by atomic mass is 35.5. The molecule has 0 heterocycles. The van der Waals surface area contributed by atoms with Gasteiger partial charge in [-0.05, 0) is 30.5 Å². The van der Waals surface area contributed by atoms with Crippen LogP contribution in [0.4, 0.5) is 0 Å². The normalized spacial score (nSPS) is 9.82. The number of nitrogens with zero attached hydrogens (tertiary/aromatic N) is 1. The number of hydrogen-bond acceptors (Lipinski definition) is 4. The predicted molar refractivity (Wildman–Crippen MR) is 90.8 cm³/mol. The van der Waals surface area contributed by atoms with Gasteiger partial charge in [-0.3, -0.25) is 4.79 Å². The number of rotatable bonds is 9. The predicted octanol–water partition coefficient (Wildman–Crippen LogP) is 2.60. The lowest BCUT2D eigenvalue weighted by molar-refractivity contribution is -0.130. The summed E-state index contributed by atoms with van der Waals surface area (Å²) >= 11 is 0. The van der Waals surface area contributed by atoms with E-state index < -0.39 is 0 Å². The molecule has 0 atom stereocenters. The monoisotopic (exact) mass is 330 g/mol. The molecular weight excluding hydrogens is 304 g/mol. The van der Waals surface area contributed by atoms with Crippen molar-refractivity contribution in [2.45, 2.75) is 33.2 Å². The highest BCUT2D eigenvalue weighted by Gasteiger charge is 2.13. The van der Waals surface area contributed by atoms with Crippen LogP contribution in [0.3, 0.4) is 0 Å². The van der Waals surface area contributed by atoms with Crippen LogP contribution in [0.15, 0.2) is 18.2 Å². The zero-order valence-electron chi connectivity index (χ0n) is 13.6. The van der Waals surface area contributed by atoms with Gasteiger partial charge in [0, 0.05) is 13.1 Å². The first-order valence-electron chi connectivity index (χ1n) is 7.43. The maximum absolute atomic E-state index is 11.8. The topological polar surface area (TPSA) is 64.8 Å². The zero-order chi connectivity index (χ0) is 15.7. The molecule has 2 N–H and O–H groups in total. The van der Waals surface area contributed by atoms with E-state index in [0.29, 0.717) is 25.4 Å². The van der Waals surface area contributed by atoms with Gasteiger partial charge < -0.3 is 20.1 Å². The molecular formula is C16H27ClN2O3. The van der Waals surface area contributed by atoms with Gasteiger partial charge in [-0.1, -0.05) is 19.9 Å². The molecule has 0 bridgehead atoms. The van der Waals surface area contributed by atoms with Crippen LogP contribution in [0.1, 0.15) is 32.3 Å². The summed E-state index contributed by atoms with van der Waals surface area (Å²) < 4.78 is 11.0. The van der Waals surface area contributed by atoms with Crippen LogP contribution in [0.5, 0.6) is 11.5 Å². The van der Waals surface area contributed by atoms with Crippen molar-refractivity contribution in [2.24, 2.45) is 5.73 Å². The first kappa shape index (κ1) is 20.5. The molecule has 0 fully saturated rings. The van der Waals surface area contributed by atoms with Gasteiger partial charge in [0.25, 0.3) is 0 Å². The van der Waals surface area contributed by atoms with Crippen LogP contribution in [-0.2, 0) is 11.3 Å². The minimum absolute atomic E-state index is 0. The van der Waals surface area contributed by atoms with Gasteiger partial charge in [-0.25, -0.2) is 0 Å². The van der Waals surface area contributed by atoms with Gasteiger partial charge in [-0.15, -0.1) is 12.4 Å². The van der Waals surface area contributed by atoms with Crippen molar-refractivity contribution in [3.63, 3.8) is 0 Å². The summed E-state index contributed by atoms with van der Waals surface area (Å²) in [6, 6.07) is 5.76. The molecule has 1 amide bonds. The lowest BCUT2D eigenvalue weighted by Gasteiger charge is -2.22. The smallest absolute Gasteiger partial charge is 0.236 e. The molecule has 0 spiro atoms. The zero-order valence-corrected chi connectivity index (χ0v) is 14.4. The molecule has 22 heavy (non-hydrogen) atoms. The van der Waals surface area contributed by atoms with Gasteiger partial charge in [-0.2, -0.15) is 0 Å². The van der Waals surface area contributed by atoms with E-state index in [2.05, 4.69) is 6.92 Å². The number of hydrogen-bond donors (Lipinski definition) is 1. The van der Waals surface area contributed by atoms with Crippen molar-refractivity contribution in [3.8, 4) is 11.5 Å². The van der Waals surface area contributed by atoms with Crippen molar-refractivity contribution in [1.82, 2.24) is 4.90 Å². The van der Waals surface area contributed by atoms with E-state index in [0.717, 1.165) is 24.2 Å². The van der Waals surface area contributed by atoms with Gasteiger partial charge >= 0.3 is 0 Å². The van der Waals surface area contributed by atoms with Gasteiger partial charge in [0.05, 0.1) is 20.3 Å². The van der Waals surface area contributed by atoms with E-state index in [1.54, 1.807) is 12.0 Å². The molecule has 126 valence electrons. The summed E-state index contributed by atoms with van der Waals surface area (Å²) in [4.78, 5) is 13.6. The number of carbonyl (C=O) groups excluding carboxylic acids is 1. The number of carbonyl (C=O) groups is 1. The van der Waals surface area contributed by atoms with Gasteiger partial charge in [0.1, 0.15) is 0 Å². The Hall–Kier alpha value is -1.46. The van der Waals surface area contributed by atoms with E-state index in [4.69, 9.17) is 15.2 Å². The average Bonchev–Trinajstić information content (AvgIpc) is 2.52. The molecule has 1 aromatic carbocycles. The quantitative estimate of drug-likeness (QED) is 0.756. The summed E-state index contributed by atoms with van der Waals surface area (Å²) in [6.45, 7) is 6.03. The Kier molecular flexibility index (Phi) is 10.4. The van der Waals surface area contributed by atoms with E-state index in [9.17, 15) is 4.79 Å². The van der Waals surface area contributed by atoms with Crippen LogP contribution in [0.25, 0.3) is 0 Å². The van der Waals surface area contributed by atoms with E-state index in [1.165, 1.54) is 0 Å². The number of ether oxygens (including phenoxy) is 2. The Balaban J connectivity index is 0.00000441. The first-order valence-corrected chi connectivity index (χ1v) is 7.43. The molecule has 0 aliphatic rings. The average molecular weight is 331 g/mol. The second-order valence-corrected chi connectivity index (χ2v) is 4.85. The Morgan fingerprint density at radius 1 is 1.23 bits per heavy atom. The number of amides is 1. The highest BCUT2D eigenvalue weighted by molar-refractivity contribution is 5.85. The third kappa shape index (κ3) is 6.12. The largest absolute Gasteiger partial charge is 0.493 e. The molecule has 0 aliphatic carbocycles. The van der Waals surface area contributed by atoms with E-state index in [-0.39, 0.29) is 24.9 Å². The Morgan fingerprint density at radius 2 is 1.95 bits per heavy atom. The first-order chi connectivity index (χ1) is 10.2. The highest BCUT2D eigenvalue weighted by Crippen LogP contribution is 2.28. The lowest BCUT2D eigenvalue weighted by Crippen LogP contribution is -2.36. The third-order valence-electron chi connectivity index (χ3n) is 3.08. The number of methoxy groups -OCH3 is 1. The van der Waals surface area contributed by atoms with Crippen molar-refractivity contribution >= 4 is 18.3 Å². The summed E-state index contributed by atoms with van der Waals surface area (Å²) in [5, 5.41) is 0. The molecule has 6 heteroatoms. The van der Waals surface area contributed by atoms with Gasteiger partial charge in [0.15, 0.2) is 11.5 Å². The fourth-order valence-corrected chi connectivity index (χ4v) is 2.05. The SMILES string of the molecule is CCCOc1ccc(CN(CCC)C(=O)CN)cc1OC.Cl. The number of halogens is 1. The summed E-state index contributed by atoms with van der Waals surface area (Å²) in [7, 11) is 1.62. The molecule has 0 aromatic heterocycles. The van der Waals surface area contributed by atoms with Crippen LogP contribution in [-0.4, -0.2) is 37.6 Å². The second-order valence-electron chi connectivity index (χ2n) is 4.85. The van der Waals surface area contributed by atoms with Crippen molar-refractivity contribution < 1.29 is 14.3 Å². The fourth-order valence-electron chi connectivity index (χ4n) is 2.05. The van der Waals surface area contributed by atoms with Crippen molar-refractivity contribution in [2.75, 3.05) is 26.8 Å². The Morgan fingerprint density at radius 3 is 2.50 bits per heavy atom. The third-order valence-corrected chi connectivity index (χ3v) is 3.08. The van der Waals surface area contributed by atoms with Crippen LogP contribution >= 0.6 is 12.4 Å². The maximum atomic E-state index is 11.8. The van der Waals surface area contributed by atoms with Crippen LogP contribution < -0.4 is 15.2 Å². The van der Waals surface area contributed by atoms with Crippen molar-refractivity contribution in [3.05, 3.63) is 23.8 Å². The molecule has 0 aliphatic heterocycles. The fraction of sp³-hybridized carbons (Fsp3) is 0.562. The summed E-state index contributed by atoms with van der Waals surface area (Å²) in [6.07, 6.45) is 1.85. The lowest BCUT2D eigenvalue weighted by atomic mass is 10.1. The number of nitrogens with two attached hydrogens (primary N) is 1. The van der Waals surface area contributed by atoms with Crippen LogP contribution in [0.2, 0.25) is 0 Å². The van der Waals surface area contributed by atoms with E-state index in [1.807, 2.05) is 25.1 Å². The molecule has 5 nitrogen and oxygen atoms in total. The molecule has 1 aromatic rings. The van der Waals surface area contributed by atoms with E-state index >= 15 is 0 Å². The summed E-state index contributed by atoms with van der Waals surface area (Å²) in [5.41, 5.74) is 6.46. The van der Waals surface area contributed by atoms with Crippen molar-refractivity contribution in [1.29, 1.82) is 0 Å². The Labute approximate surface area is 139 Å². The minimum atomic E-state index is -0.0397. The molecule has 0 saturated carbocycles. The molecule has 0 saturated heterocycles. The molecule has 1 rings (SSSR count). The number of benzene rings is 1. The minimum Gasteiger partial charge on any atom is -0.493 e. The molecule has 0 radical (unpaired) electrons. The second kappa shape index (κ2) is 11.2. The Bertz CT molecular complexity index is 455.